The highest BCUT2D eigenvalue weighted by Crippen LogP contribution is 2.16. The predicted molar refractivity (Wildman–Crippen MR) is 80.9 cm³/mol. The molecule has 1 atom stereocenters. The number of hydrogen-bond acceptors (Lipinski definition) is 5. The first-order valence-electron chi connectivity index (χ1n) is 6.91. The fraction of sp³-hybridized carbons (Fsp3) is 0.692. The zero-order valence-corrected chi connectivity index (χ0v) is 14.1. The molecule has 9 heteroatoms. The Balaban J connectivity index is 2.83. The van der Waals surface area contributed by atoms with E-state index < -0.39 is 33.6 Å². The third-order valence-corrected chi connectivity index (χ3v) is 3.60. The van der Waals surface area contributed by atoms with Crippen LogP contribution in [0.15, 0.2) is 12.3 Å². The summed E-state index contributed by atoms with van der Waals surface area (Å²) in [6, 6.07) is 1.28. The number of nitrogens with zero attached hydrogens (tertiary/aromatic N) is 2. The van der Waals surface area contributed by atoms with Gasteiger partial charge in [0.25, 0.3) is 10.1 Å². The third-order valence-electron chi connectivity index (χ3n) is 2.85. The minimum atomic E-state index is -4.07. The molecule has 1 amide bonds. The van der Waals surface area contributed by atoms with Crippen LogP contribution in [0.2, 0.25) is 0 Å². The number of rotatable bonds is 6. The highest BCUT2D eigenvalue weighted by molar-refractivity contribution is 7.85. The number of aromatic nitrogens is 2. The standard InChI is InChI=1S/C13H23N3O5S/c1-10(6-8-22(18,19)20)16(9-11-5-7-14-15-11)12(17)21-13(2,3)4/h5,7,10H,6,8-9H2,1-4H3,(H,14,15)(H,18,19,20). The largest absolute Gasteiger partial charge is 0.444 e. The summed E-state index contributed by atoms with van der Waals surface area (Å²) in [7, 11) is -4.07. The fourth-order valence-electron chi connectivity index (χ4n) is 1.75. The first kappa shape index (κ1) is 18.4. The van der Waals surface area contributed by atoms with E-state index in [2.05, 4.69) is 10.2 Å². The number of amides is 1. The SMILES string of the molecule is CC(CCS(=O)(=O)O)N(Cc1ccn[nH]1)C(=O)OC(C)(C)C. The molecule has 0 bridgehead atoms. The van der Waals surface area contributed by atoms with Crippen molar-refractivity contribution in [2.45, 2.75) is 52.3 Å². The molecule has 0 aliphatic heterocycles. The summed E-state index contributed by atoms with van der Waals surface area (Å²) in [5.41, 5.74) is 0.0380. The molecule has 0 fully saturated rings. The molecule has 0 aromatic carbocycles. The van der Waals surface area contributed by atoms with Crippen molar-refractivity contribution in [2.75, 3.05) is 5.75 Å². The van der Waals surface area contributed by atoms with Crippen LogP contribution in [0.25, 0.3) is 0 Å². The molecule has 0 aliphatic carbocycles. The quantitative estimate of drug-likeness (QED) is 0.768. The van der Waals surface area contributed by atoms with Crippen molar-refractivity contribution in [1.29, 1.82) is 0 Å². The van der Waals surface area contributed by atoms with E-state index >= 15 is 0 Å². The number of ether oxygens (including phenoxy) is 1. The first-order valence-corrected chi connectivity index (χ1v) is 8.52. The van der Waals surface area contributed by atoms with Crippen LogP contribution in [0.1, 0.15) is 39.8 Å². The molecule has 1 unspecified atom stereocenters. The second-order valence-corrected chi connectivity index (χ2v) is 7.69. The van der Waals surface area contributed by atoms with E-state index in [1.807, 2.05) is 0 Å². The van der Waals surface area contributed by atoms with Crippen LogP contribution in [0.3, 0.4) is 0 Å². The summed E-state index contributed by atoms with van der Waals surface area (Å²) in [6.45, 7) is 7.17. The van der Waals surface area contributed by atoms with Crippen LogP contribution in [0, 0.1) is 0 Å². The normalized spacial score (nSPS) is 13.7. The highest BCUT2D eigenvalue weighted by Gasteiger charge is 2.27. The second kappa shape index (κ2) is 7.10. The molecule has 22 heavy (non-hydrogen) atoms. The van der Waals surface area contributed by atoms with Crippen molar-refractivity contribution in [3.05, 3.63) is 18.0 Å². The van der Waals surface area contributed by atoms with Gasteiger partial charge in [-0.05, 0) is 40.2 Å². The summed E-state index contributed by atoms with van der Waals surface area (Å²) < 4.78 is 36.0. The molecule has 1 aromatic heterocycles. The van der Waals surface area contributed by atoms with E-state index in [-0.39, 0.29) is 13.0 Å². The molecule has 0 spiro atoms. The van der Waals surface area contributed by atoms with Crippen molar-refractivity contribution in [3.8, 4) is 0 Å². The minimum absolute atomic E-state index is 0.103. The molecular formula is C13H23N3O5S. The van der Waals surface area contributed by atoms with Gasteiger partial charge in [-0.1, -0.05) is 0 Å². The van der Waals surface area contributed by atoms with Gasteiger partial charge in [0, 0.05) is 12.2 Å². The van der Waals surface area contributed by atoms with Crippen LogP contribution in [-0.2, 0) is 21.4 Å². The number of H-pyrrole nitrogens is 1. The van der Waals surface area contributed by atoms with Gasteiger partial charge in [-0.15, -0.1) is 0 Å². The lowest BCUT2D eigenvalue weighted by Gasteiger charge is -2.31. The topological polar surface area (TPSA) is 113 Å². The molecule has 0 saturated carbocycles. The molecule has 8 nitrogen and oxygen atoms in total. The van der Waals surface area contributed by atoms with E-state index in [1.165, 1.54) is 4.90 Å². The number of carbonyl (C=O) groups is 1. The molecule has 126 valence electrons. The lowest BCUT2D eigenvalue weighted by Crippen LogP contribution is -2.42. The molecule has 1 heterocycles. The van der Waals surface area contributed by atoms with Crippen LogP contribution in [-0.4, -0.2) is 51.6 Å². The zero-order valence-electron chi connectivity index (χ0n) is 13.2. The average molecular weight is 333 g/mol. The Kier molecular flexibility index (Phi) is 5.95. The number of hydrogen-bond donors (Lipinski definition) is 2. The Morgan fingerprint density at radius 1 is 1.50 bits per heavy atom. The van der Waals surface area contributed by atoms with E-state index in [1.54, 1.807) is 40.0 Å². The third kappa shape index (κ3) is 6.90. The molecule has 1 aromatic rings. The van der Waals surface area contributed by atoms with E-state index in [4.69, 9.17) is 9.29 Å². The van der Waals surface area contributed by atoms with Crippen molar-refractivity contribution in [3.63, 3.8) is 0 Å². The van der Waals surface area contributed by atoms with Crippen molar-refractivity contribution in [1.82, 2.24) is 15.1 Å². The maximum Gasteiger partial charge on any atom is 0.410 e. The van der Waals surface area contributed by atoms with Gasteiger partial charge in [-0.3, -0.25) is 14.6 Å². The highest BCUT2D eigenvalue weighted by atomic mass is 32.2. The van der Waals surface area contributed by atoms with Crippen molar-refractivity contribution < 1.29 is 22.5 Å². The molecule has 0 saturated heterocycles. The summed E-state index contributed by atoms with van der Waals surface area (Å²) in [4.78, 5) is 13.7. The Morgan fingerprint density at radius 2 is 2.14 bits per heavy atom. The van der Waals surface area contributed by atoms with Crippen LogP contribution < -0.4 is 0 Å². The molecule has 2 N–H and O–H groups in total. The Hall–Kier alpha value is -1.61. The van der Waals surface area contributed by atoms with Crippen molar-refractivity contribution >= 4 is 16.2 Å². The monoisotopic (exact) mass is 333 g/mol. The van der Waals surface area contributed by atoms with Crippen molar-refractivity contribution in [2.24, 2.45) is 0 Å². The maximum absolute atomic E-state index is 12.3. The first-order chi connectivity index (χ1) is 9.98. The van der Waals surface area contributed by atoms with Gasteiger partial charge < -0.3 is 4.74 Å². The number of carbonyl (C=O) groups excluding carboxylic acids is 1. The molecule has 1 rings (SSSR count). The average Bonchev–Trinajstić information content (AvgIpc) is 2.82. The van der Waals surface area contributed by atoms with Gasteiger partial charge in [0.05, 0.1) is 18.0 Å². The smallest absolute Gasteiger partial charge is 0.410 e. The Morgan fingerprint density at radius 3 is 2.59 bits per heavy atom. The van der Waals surface area contributed by atoms with E-state index in [0.717, 1.165) is 0 Å². The number of aromatic amines is 1. The van der Waals surface area contributed by atoms with Gasteiger partial charge in [-0.25, -0.2) is 4.79 Å². The van der Waals surface area contributed by atoms with Gasteiger partial charge in [0.2, 0.25) is 0 Å². The van der Waals surface area contributed by atoms with E-state index in [0.29, 0.717) is 5.69 Å². The maximum atomic E-state index is 12.3. The molecule has 0 radical (unpaired) electrons. The zero-order chi connectivity index (χ0) is 17.0. The molecule has 0 aliphatic rings. The summed E-state index contributed by atoms with van der Waals surface area (Å²) >= 11 is 0. The minimum Gasteiger partial charge on any atom is -0.444 e. The predicted octanol–water partition coefficient (Wildman–Crippen LogP) is 1.81. The number of nitrogens with one attached hydrogen (secondary N) is 1. The fourth-order valence-corrected chi connectivity index (χ4v) is 2.39. The summed E-state index contributed by atoms with van der Waals surface area (Å²) in [5, 5.41) is 6.56. The van der Waals surface area contributed by atoms with E-state index in [9.17, 15) is 13.2 Å². The lowest BCUT2D eigenvalue weighted by atomic mass is 10.2. The van der Waals surface area contributed by atoms with Gasteiger partial charge in [0.1, 0.15) is 5.60 Å². The molecular weight excluding hydrogens is 310 g/mol. The lowest BCUT2D eigenvalue weighted by molar-refractivity contribution is 0.0149. The van der Waals surface area contributed by atoms with Crippen LogP contribution in [0.5, 0.6) is 0 Å². The second-order valence-electron chi connectivity index (χ2n) is 6.11. The summed E-state index contributed by atoms with van der Waals surface area (Å²) in [5.74, 6) is -0.420. The summed E-state index contributed by atoms with van der Waals surface area (Å²) in [6.07, 6.45) is 1.11. The van der Waals surface area contributed by atoms with Crippen LogP contribution in [0.4, 0.5) is 4.79 Å². The van der Waals surface area contributed by atoms with Gasteiger partial charge in [0.15, 0.2) is 0 Å². The Bertz CT molecular complexity index is 577. The van der Waals surface area contributed by atoms with Crippen LogP contribution >= 0.6 is 0 Å². The Labute approximate surface area is 130 Å². The van der Waals surface area contributed by atoms with Gasteiger partial charge in [-0.2, -0.15) is 13.5 Å². The van der Waals surface area contributed by atoms with Gasteiger partial charge >= 0.3 is 6.09 Å².